The standard InChI is InChI=1S/C10H20O/c1-4-9-5-7(2)6-10(11)8(9)3/h7-11H,4-6H2,1-3H3. The van der Waals surface area contributed by atoms with E-state index in [0.29, 0.717) is 5.92 Å². The van der Waals surface area contributed by atoms with Gasteiger partial charge >= 0.3 is 0 Å². The van der Waals surface area contributed by atoms with Gasteiger partial charge in [-0.2, -0.15) is 0 Å². The summed E-state index contributed by atoms with van der Waals surface area (Å²) < 4.78 is 0. The molecule has 1 aliphatic rings. The van der Waals surface area contributed by atoms with Crippen molar-refractivity contribution in [2.75, 3.05) is 0 Å². The Kier molecular flexibility index (Phi) is 2.94. The molecule has 0 saturated heterocycles. The minimum Gasteiger partial charge on any atom is -0.393 e. The molecule has 1 N–H and O–H groups in total. The normalized spacial score (nSPS) is 45.8. The molecule has 4 atom stereocenters. The molecule has 0 heterocycles. The van der Waals surface area contributed by atoms with Crippen LogP contribution in [-0.2, 0) is 0 Å². The first-order chi connectivity index (χ1) is 5.15. The van der Waals surface area contributed by atoms with Crippen molar-refractivity contribution < 1.29 is 5.11 Å². The van der Waals surface area contributed by atoms with Crippen molar-refractivity contribution in [2.45, 2.75) is 46.1 Å². The molecule has 1 heteroatoms. The van der Waals surface area contributed by atoms with Crippen LogP contribution in [0.15, 0.2) is 0 Å². The fourth-order valence-electron chi connectivity index (χ4n) is 2.31. The van der Waals surface area contributed by atoms with E-state index in [9.17, 15) is 5.11 Å². The van der Waals surface area contributed by atoms with Gasteiger partial charge in [0.2, 0.25) is 0 Å². The largest absolute Gasteiger partial charge is 0.393 e. The highest BCUT2D eigenvalue weighted by molar-refractivity contribution is 4.81. The molecule has 0 amide bonds. The molecule has 1 fully saturated rings. The molecule has 0 aromatic rings. The zero-order valence-corrected chi connectivity index (χ0v) is 7.88. The third kappa shape index (κ3) is 1.96. The van der Waals surface area contributed by atoms with Crippen molar-refractivity contribution in [3.05, 3.63) is 0 Å². The van der Waals surface area contributed by atoms with Gasteiger partial charge in [0.1, 0.15) is 0 Å². The van der Waals surface area contributed by atoms with Crippen molar-refractivity contribution in [1.82, 2.24) is 0 Å². The smallest absolute Gasteiger partial charge is 0.0570 e. The van der Waals surface area contributed by atoms with Gasteiger partial charge in [0, 0.05) is 0 Å². The SMILES string of the molecule is CCC1CC(C)CC(O)C1C. The van der Waals surface area contributed by atoms with E-state index < -0.39 is 0 Å². The molecule has 0 aromatic carbocycles. The molecule has 11 heavy (non-hydrogen) atoms. The van der Waals surface area contributed by atoms with Crippen LogP contribution < -0.4 is 0 Å². The minimum absolute atomic E-state index is 0.0382. The van der Waals surface area contributed by atoms with Crippen LogP contribution in [0.2, 0.25) is 0 Å². The van der Waals surface area contributed by atoms with Crippen LogP contribution in [0.25, 0.3) is 0 Å². The maximum absolute atomic E-state index is 9.65. The molecule has 1 saturated carbocycles. The number of rotatable bonds is 1. The summed E-state index contributed by atoms with van der Waals surface area (Å²) in [6.45, 7) is 6.66. The fourth-order valence-corrected chi connectivity index (χ4v) is 2.31. The number of hydrogen-bond donors (Lipinski definition) is 1. The second-order valence-electron chi connectivity index (χ2n) is 4.17. The fraction of sp³-hybridized carbons (Fsp3) is 1.00. The van der Waals surface area contributed by atoms with Gasteiger partial charge < -0.3 is 5.11 Å². The van der Waals surface area contributed by atoms with Crippen LogP contribution in [0.5, 0.6) is 0 Å². The molecule has 0 spiro atoms. The summed E-state index contributed by atoms with van der Waals surface area (Å²) in [6.07, 6.45) is 3.51. The van der Waals surface area contributed by atoms with Crippen molar-refractivity contribution in [1.29, 1.82) is 0 Å². The highest BCUT2D eigenvalue weighted by Crippen LogP contribution is 2.35. The van der Waals surface area contributed by atoms with Crippen LogP contribution in [0.3, 0.4) is 0 Å². The molecular formula is C10H20O. The average molecular weight is 156 g/mol. The van der Waals surface area contributed by atoms with Gasteiger partial charge in [-0.25, -0.2) is 0 Å². The maximum Gasteiger partial charge on any atom is 0.0570 e. The number of aliphatic hydroxyl groups excluding tert-OH is 1. The Bertz CT molecular complexity index is 122. The Morgan fingerprint density at radius 3 is 2.45 bits per heavy atom. The summed E-state index contributed by atoms with van der Waals surface area (Å²) in [5.74, 6) is 2.01. The molecule has 66 valence electrons. The van der Waals surface area contributed by atoms with Crippen molar-refractivity contribution in [3.63, 3.8) is 0 Å². The lowest BCUT2D eigenvalue weighted by molar-refractivity contribution is 0.0186. The Hall–Kier alpha value is -0.0400. The van der Waals surface area contributed by atoms with E-state index >= 15 is 0 Å². The molecular weight excluding hydrogens is 136 g/mol. The molecule has 0 aromatic heterocycles. The Balaban J connectivity index is 2.51. The van der Waals surface area contributed by atoms with Crippen molar-refractivity contribution in [3.8, 4) is 0 Å². The van der Waals surface area contributed by atoms with Crippen LogP contribution in [-0.4, -0.2) is 11.2 Å². The third-order valence-electron chi connectivity index (χ3n) is 3.22. The summed E-state index contributed by atoms with van der Waals surface area (Å²) in [5.41, 5.74) is 0. The summed E-state index contributed by atoms with van der Waals surface area (Å²) in [4.78, 5) is 0. The Morgan fingerprint density at radius 2 is 1.91 bits per heavy atom. The van der Waals surface area contributed by atoms with Gasteiger partial charge in [-0.15, -0.1) is 0 Å². The zero-order valence-electron chi connectivity index (χ0n) is 7.88. The van der Waals surface area contributed by atoms with Gasteiger partial charge in [-0.1, -0.05) is 27.2 Å². The topological polar surface area (TPSA) is 20.2 Å². The highest BCUT2D eigenvalue weighted by atomic mass is 16.3. The van der Waals surface area contributed by atoms with Gasteiger partial charge in [-0.05, 0) is 30.6 Å². The Morgan fingerprint density at radius 1 is 1.27 bits per heavy atom. The van der Waals surface area contributed by atoms with Gasteiger partial charge in [-0.3, -0.25) is 0 Å². The third-order valence-corrected chi connectivity index (χ3v) is 3.22. The Labute approximate surface area is 69.8 Å². The zero-order chi connectivity index (χ0) is 8.43. The second-order valence-corrected chi connectivity index (χ2v) is 4.17. The summed E-state index contributed by atoms with van der Waals surface area (Å²) in [6, 6.07) is 0. The molecule has 1 aliphatic carbocycles. The first kappa shape index (κ1) is 9.05. The highest BCUT2D eigenvalue weighted by Gasteiger charge is 2.30. The van der Waals surface area contributed by atoms with Crippen molar-refractivity contribution in [2.24, 2.45) is 17.8 Å². The molecule has 1 rings (SSSR count). The molecule has 4 unspecified atom stereocenters. The summed E-state index contributed by atoms with van der Waals surface area (Å²) >= 11 is 0. The molecule has 1 nitrogen and oxygen atoms in total. The minimum atomic E-state index is -0.0382. The summed E-state index contributed by atoms with van der Waals surface area (Å²) in [5, 5.41) is 9.65. The first-order valence-corrected chi connectivity index (χ1v) is 4.83. The number of hydrogen-bond acceptors (Lipinski definition) is 1. The lowest BCUT2D eigenvalue weighted by atomic mass is 9.73. The molecule has 0 bridgehead atoms. The van der Waals surface area contributed by atoms with E-state index in [0.717, 1.165) is 18.3 Å². The van der Waals surface area contributed by atoms with E-state index in [-0.39, 0.29) is 6.10 Å². The van der Waals surface area contributed by atoms with Crippen LogP contribution in [0.4, 0.5) is 0 Å². The van der Waals surface area contributed by atoms with Gasteiger partial charge in [0.05, 0.1) is 6.10 Å². The summed E-state index contributed by atoms with van der Waals surface area (Å²) in [7, 11) is 0. The quantitative estimate of drug-likeness (QED) is 0.618. The predicted molar refractivity (Wildman–Crippen MR) is 47.3 cm³/mol. The lowest BCUT2D eigenvalue weighted by Gasteiger charge is -2.36. The maximum atomic E-state index is 9.65. The van der Waals surface area contributed by atoms with Crippen LogP contribution in [0, 0.1) is 17.8 Å². The van der Waals surface area contributed by atoms with Gasteiger partial charge in [0.15, 0.2) is 0 Å². The molecule has 0 aliphatic heterocycles. The second kappa shape index (κ2) is 3.57. The van der Waals surface area contributed by atoms with Gasteiger partial charge in [0.25, 0.3) is 0 Å². The first-order valence-electron chi connectivity index (χ1n) is 4.83. The lowest BCUT2D eigenvalue weighted by Crippen LogP contribution is -2.33. The van der Waals surface area contributed by atoms with E-state index in [2.05, 4.69) is 20.8 Å². The monoisotopic (exact) mass is 156 g/mol. The van der Waals surface area contributed by atoms with E-state index in [1.165, 1.54) is 12.8 Å². The van der Waals surface area contributed by atoms with Crippen LogP contribution in [0.1, 0.15) is 40.0 Å². The van der Waals surface area contributed by atoms with Crippen LogP contribution >= 0.6 is 0 Å². The van der Waals surface area contributed by atoms with E-state index in [4.69, 9.17) is 0 Å². The predicted octanol–water partition coefficient (Wildman–Crippen LogP) is 2.44. The van der Waals surface area contributed by atoms with E-state index in [1.807, 2.05) is 0 Å². The van der Waals surface area contributed by atoms with E-state index in [1.54, 1.807) is 0 Å². The molecule has 0 radical (unpaired) electrons. The van der Waals surface area contributed by atoms with Crippen molar-refractivity contribution >= 4 is 0 Å². The number of aliphatic hydroxyl groups is 1. The average Bonchev–Trinajstić information content (AvgIpc) is 1.96.